The average Bonchev–Trinajstić information content (AvgIpc) is 2.26. The molecule has 0 amide bonds. The molecule has 0 aromatic heterocycles. The predicted molar refractivity (Wildman–Crippen MR) is 55.6 cm³/mol. The highest BCUT2D eigenvalue weighted by Crippen LogP contribution is 2.08. The molecule has 1 aliphatic rings. The van der Waals surface area contributed by atoms with E-state index in [4.69, 9.17) is 10.00 Å². The van der Waals surface area contributed by atoms with Gasteiger partial charge in [0.1, 0.15) is 0 Å². The molecule has 0 aromatic carbocycles. The maximum absolute atomic E-state index is 11.7. The van der Waals surface area contributed by atoms with Gasteiger partial charge in [-0.15, -0.1) is 0 Å². The minimum atomic E-state index is -3.12. The van der Waals surface area contributed by atoms with Crippen LogP contribution in [0, 0.1) is 11.3 Å². The van der Waals surface area contributed by atoms with E-state index in [-0.39, 0.29) is 5.75 Å². The molecule has 0 saturated carbocycles. The van der Waals surface area contributed by atoms with Gasteiger partial charge in [-0.1, -0.05) is 0 Å². The SMILES string of the molecule is N#CCCCCS(=O)(=O)N1CCOCC1. The zero-order chi connectivity index (χ0) is 11.1. The number of ether oxygens (including phenoxy) is 1. The van der Waals surface area contributed by atoms with Crippen LogP contribution >= 0.6 is 0 Å². The summed E-state index contributed by atoms with van der Waals surface area (Å²) >= 11 is 0. The van der Waals surface area contributed by atoms with E-state index in [9.17, 15) is 8.42 Å². The number of hydrogen-bond acceptors (Lipinski definition) is 4. The molecule has 5 nitrogen and oxygen atoms in total. The summed E-state index contributed by atoms with van der Waals surface area (Å²) in [4.78, 5) is 0. The molecule has 6 heteroatoms. The summed E-state index contributed by atoms with van der Waals surface area (Å²) in [5.74, 6) is 0.147. The van der Waals surface area contributed by atoms with Gasteiger partial charge in [-0.2, -0.15) is 9.57 Å². The van der Waals surface area contributed by atoms with E-state index in [0.29, 0.717) is 45.6 Å². The van der Waals surface area contributed by atoms with Crippen LogP contribution in [0.15, 0.2) is 0 Å². The van der Waals surface area contributed by atoms with Crippen molar-refractivity contribution in [3.63, 3.8) is 0 Å². The topological polar surface area (TPSA) is 70.4 Å². The van der Waals surface area contributed by atoms with Crippen molar-refractivity contribution in [2.24, 2.45) is 0 Å². The molecule has 1 saturated heterocycles. The van der Waals surface area contributed by atoms with Gasteiger partial charge in [0.25, 0.3) is 0 Å². The van der Waals surface area contributed by atoms with Crippen molar-refractivity contribution in [2.75, 3.05) is 32.1 Å². The van der Waals surface area contributed by atoms with Gasteiger partial charge in [0.05, 0.1) is 25.0 Å². The molecule has 0 bridgehead atoms. The summed E-state index contributed by atoms with van der Waals surface area (Å²) in [5.41, 5.74) is 0. The van der Waals surface area contributed by atoms with Crippen molar-refractivity contribution in [2.45, 2.75) is 19.3 Å². The lowest BCUT2D eigenvalue weighted by molar-refractivity contribution is 0.0730. The fourth-order valence-corrected chi connectivity index (χ4v) is 2.97. The van der Waals surface area contributed by atoms with E-state index in [0.717, 1.165) is 0 Å². The predicted octanol–water partition coefficient (Wildman–Crippen LogP) is 0.342. The molecule has 0 N–H and O–H groups in total. The van der Waals surface area contributed by atoms with Crippen molar-refractivity contribution in [1.29, 1.82) is 5.26 Å². The molecule has 1 aliphatic heterocycles. The first kappa shape index (κ1) is 12.4. The first-order valence-corrected chi connectivity index (χ1v) is 6.70. The van der Waals surface area contributed by atoms with Gasteiger partial charge in [0.15, 0.2) is 0 Å². The summed E-state index contributed by atoms with van der Waals surface area (Å²) in [5, 5.41) is 8.32. The summed E-state index contributed by atoms with van der Waals surface area (Å²) in [6.45, 7) is 1.88. The minimum absolute atomic E-state index is 0.147. The zero-order valence-electron chi connectivity index (χ0n) is 8.68. The molecule has 86 valence electrons. The van der Waals surface area contributed by atoms with Crippen molar-refractivity contribution in [1.82, 2.24) is 4.31 Å². The molecule has 0 unspecified atom stereocenters. The Morgan fingerprint density at radius 3 is 2.53 bits per heavy atom. The van der Waals surface area contributed by atoms with Crippen LogP contribution in [0.2, 0.25) is 0 Å². The van der Waals surface area contributed by atoms with Crippen LogP contribution < -0.4 is 0 Å². The molecule has 0 radical (unpaired) electrons. The first-order chi connectivity index (χ1) is 7.17. The molecule has 15 heavy (non-hydrogen) atoms. The Bertz CT molecular complexity index is 315. The molecular formula is C9H16N2O3S. The van der Waals surface area contributed by atoms with E-state index >= 15 is 0 Å². The van der Waals surface area contributed by atoms with Gasteiger partial charge >= 0.3 is 0 Å². The van der Waals surface area contributed by atoms with Crippen LogP contribution in [-0.2, 0) is 14.8 Å². The molecule has 0 spiro atoms. The number of unbranched alkanes of at least 4 members (excludes halogenated alkanes) is 2. The normalized spacial score (nSPS) is 18.6. The largest absolute Gasteiger partial charge is 0.379 e. The second kappa shape index (κ2) is 6.05. The van der Waals surface area contributed by atoms with Crippen LogP contribution in [0.5, 0.6) is 0 Å². The van der Waals surface area contributed by atoms with Crippen molar-refractivity contribution < 1.29 is 13.2 Å². The Hall–Kier alpha value is -0.640. The molecule has 1 rings (SSSR count). The summed E-state index contributed by atoms with van der Waals surface area (Å²) < 4.78 is 30.0. The minimum Gasteiger partial charge on any atom is -0.379 e. The number of sulfonamides is 1. The number of morpholine rings is 1. The second-order valence-electron chi connectivity index (χ2n) is 3.44. The number of nitriles is 1. The van der Waals surface area contributed by atoms with Crippen LogP contribution in [-0.4, -0.2) is 44.8 Å². The molecule has 0 aliphatic carbocycles. The van der Waals surface area contributed by atoms with Gasteiger partial charge in [-0.25, -0.2) is 8.42 Å². The highest BCUT2D eigenvalue weighted by molar-refractivity contribution is 7.89. The van der Waals surface area contributed by atoms with E-state index in [1.54, 1.807) is 0 Å². The molecule has 1 fully saturated rings. The Morgan fingerprint density at radius 1 is 1.27 bits per heavy atom. The van der Waals surface area contributed by atoms with Crippen molar-refractivity contribution in [3.8, 4) is 6.07 Å². The van der Waals surface area contributed by atoms with Crippen LogP contribution in [0.4, 0.5) is 0 Å². The maximum atomic E-state index is 11.7. The third-order valence-electron chi connectivity index (χ3n) is 2.30. The quantitative estimate of drug-likeness (QED) is 0.641. The Kier molecular flexibility index (Phi) is 5.02. The van der Waals surface area contributed by atoms with Gasteiger partial charge in [-0.3, -0.25) is 0 Å². The Balaban J connectivity index is 2.34. The summed E-state index contributed by atoms with van der Waals surface area (Å²) in [6, 6.07) is 2.01. The zero-order valence-corrected chi connectivity index (χ0v) is 9.50. The maximum Gasteiger partial charge on any atom is 0.214 e. The number of rotatable bonds is 5. The number of hydrogen-bond donors (Lipinski definition) is 0. The lowest BCUT2D eigenvalue weighted by atomic mass is 10.3. The lowest BCUT2D eigenvalue weighted by Gasteiger charge is -2.25. The van der Waals surface area contributed by atoms with E-state index < -0.39 is 10.0 Å². The molecule has 1 heterocycles. The van der Waals surface area contributed by atoms with Gasteiger partial charge < -0.3 is 4.74 Å². The Morgan fingerprint density at radius 2 is 1.93 bits per heavy atom. The monoisotopic (exact) mass is 232 g/mol. The van der Waals surface area contributed by atoms with E-state index in [2.05, 4.69) is 0 Å². The van der Waals surface area contributed by atoms with Crippen molar-refractivity contribution >= 4 is 10.0 Å². The van der Waals surface area contributed by atoms with Gasteiger partial charge in [0, 0.05) is 19.5 Å². The summed E-state index contributed by atoms with van der Waals surface area (Å²) in [6.07, 6.45) is 1.64. The molecule has 0 atom stereocenters. The van der Waals surface area contributed by atoms with E-state index in [1.165, 1.54) is 4.31 Å². The highest BCUT2D eigenvalue weighted by Gasteiger charge is 2.23. The van der Waals surface area contributed by atoms with E-state index in [1.807, 2.05) is 6.07 Å². The van der Waals surface area contributed by atoms with Gasteiger partial charge in [0.2, 0.25) is 10.0 Å². The fraction of sp³-hybridized carbons (Fsp3) is 0.889. The summed E-state index contributed by atoms with van der Waals surface area (Å²) in [7, 11) is -3.12. The average molecular weight is 232 g/mol. The lowest BCUT2D eigenvalue weighted by Crippen LogP contribution is -2.41. The molecular weight excluding hydrogens is 216 g/mol. The first-order valence-electron chi connectivity index (χ1n) is 5.09. The number of nitrogens with zero attached hydrogens (tertiary/aromatic N) is 2. The smallest absolute Gasteiger partial charge is 0.214 e. The van der Waals surface area contributed by atoms with Crippen LogP contribution in [0.3, 0.4) is 0 Å². The third kappa shape index (κ3) is 4.16. The van der Waals surface area contributed by atoms with Crippen molar-refractivity contribution in [3.05, 3.63) is 0 Å². The second-order valence-corrected chi connectivity index (χ2v) is 5.53. The van der Waals surface area contributed by atoms with Crippen LogP contribution in [0.1, 0.15) is 19.3 Å². The third-order valence-corrected chi connectivity index (χ3v) is 4.26. The standard InChI is InChI=1S/C9H16N2O3S/c10-4-2-1-3-9-15(12,13)11-5-7-14-8-6-11/h1-3,5-9H2. The highest BCUT2D eigenvalue weighted by atomic mass is 32.2. The van der Waals surface area contributed by atoms with Crippen LogP contribution in [0.25, 0.3) is 0 Å². The molecule has 0 aromatic rings. The fourth-order valence-electron chi connectivity index (χ4n) is 1.44. The van der Waals surface area contributed by atoms with Gasteiger partial charge in [-0.05, 0) is 12.8 Å². The Labute approximate surface area is 90.7 Å².